The Hall–Kier alpha value is -1.54. The molecule has 1 aliphatic carbocycles. The van der Waals surface area contributed by atoms with Crippen LogP contribution in [0.15, 0.2) is 5.38 Å². The van der Waals surface area contributed by atoms with E-state index < -0.39 is 5.54 Å². The molecular formula is C15H19N5OS2. The van der Waals surface area contributed by atoms with Gasteiger partial charge >= 0.3 is 0 Å². The molecule has 0 radical (unpaired) electrons. The van der Waals surface area contributed by atoms with Crippen LogP contribution >= 0.6 is 22.7 Å². The van der Waals surface area contributed by atoms with E-state index in [2.05, 4.69) is 25.4 Å². The SMILES string of the molecule is CC(=O)NC1(c2nc(C)cs2)CCN(c2nnc(C3CC3)s2)C1. The number of nitrogens with one attached hydrogen (secondary N) is 1. The molecule has 6 nitrogen and oxygen atoms in total. The molecule has 1 atom stereocenters. The molecule has 1 aliphatic heterocycles. The van der Waals surface area contributed by atoms with Gasteiger partial charge in [0.25, 0.3) is 0 Å². The van der Waals surface area contributed by atoms with Crippen LogP contribution in [0.5, 0.6) is 0 Å². The largest absolute Gasteiger partial charge is 0.344 e. The fraction of sp³-hybridized carbons (Fsp3) is 0.600. The summed E-state index contributed by atoms with van der Waals surface area (Å²) in [7, 11) is 0. The van der Waals surface area contributed by atoms with E-state index in [-0.39, 0.29) is 5.91 Å². The van der Waals surface area contributed by atoms with Crippen molar-refractivity contribution in [2.24, 2.45) is 0 Å². The third-order valence-corrected chi connectivity index (χ3v) is 6.65. The van der Waals surface area contributed by atoms with E-state index in [1.54, 1.807) is 29.6 Å². The van der Waals surface area contributed by atoms with Crippen LogP contribution in [-0.4, -0.2) is 34.2 Å². The number of hydrogen-bond acceptors (Lipinski definition) is 7. The van der Waals surface area contributed by atoms with Gasteiger partial charge in [-0.25, -0.2) is 4.98 Å². The lowest BCUT2D eigenvalue weighted by atomic mass is 9.99. The Labute approximate surface area is 143 Å². The lowest BCUT2D eigenvalue weighted by Crippen LogP contribution is -2.47. The second kappa shape index (κ2) is 5.52. The Balaban J connectivity index is 1.59. The van der Waals surface area contributed by atoms with Gasteiger partial charge in [-0.15, -0.1) is 21.5 Å². The number of thiazole rings is 1. The van der Waals surface area contributed by atoms with E-state index >= 15 is 0 Å². The number of anilines is 1. The molecule has 1 unspecified atom stereocenters. The van der Waals surface area contributed by atoms with Gasteiger partial charge in [0.2, 0.25) is 11.0 Å². The van der Waals surface area contributed by atoms with Crippen LogP contribution in [0.2, 0.25) is 0 Å². The average molecular weight is 349 g/mol. The molecule has 4 rings (SSSR count). The molecule has 0 bridgehead atoms. The highest BCUT2D eigenvalue weighted by molar-refractivity contribution is 7.15. The Morgan fingerprint density at radius 1 is 1.43 bits per heavy atom. The number of rotatable bonds is 4. The van der Waals surface area contributed by atoms with Crippen molar-refractivity contribution in [2.45, 2.75) is 44.6 Å². The third-order valence-electron chi connectivity index (χ3n) is 4.34. The van der Waals surface area contributed by atoms with Crippen molar-refractivity contribution in [3.05, 3.63) is 21.1 Å². The fourth-order valence-corrected chi connectivity index (χ4v) is 5.08. The topological polar surface area (TPSA) is 71.0 Å². The zero-order chi connectivity index (χ0) is 16.0. The molecule has 23 heavy (non-hydrogen) atoms. The summed E-state index contributed by atoms with van der Waals surface area (Å²) in [5.41, 5.74) is 0.594. The first-order valence-corrected chi connectivity index (χ1v) is 9.55. The summed E-state index contributed by atoms with van der Waals surface area (Å²) in [5.74, 6) is 0.612. The van der Waals surface area contributed by atoms with Gasteiger partial charge in [-0.05, 0) is 26.2 Å². The summed E-state index contributed by atoms with van der Waals surface area (Å²) in [6, 6.07) is 0. The van der Waals surface area contributed by atoms with E-state index in [9.17, 15) is 4.79 Å². The molecule has 122 valence electrons. The molecular weight excluding hydrogens is 330 g/mol. The van der Waals surface area contributed by atoms with E-state index in [0.717, 1.165) is 33.8 Å². The molecule has 0 spiro atoms. The molecule has 2 fully saturated rings. The number of nitrogens with zero attached hydrogens (tertiary/aromatic N) is 4. The van der Waals surface area contributed by atoms with E-state index in [1.807, 2.05) is 12.3 Å². The second-order valence-electron chi connectivity index (χ2n) is 6.43. The van der Waals surface area contributed by atoms with Crippen molar-refractivity contribution in [2.75, 3.05) is 18.0 Å². The van der Waals surface area contributed by atoms with Gasteiger partial charge in [0, 0.05) is 37.0 Å². The number of aryl methyl sites for hydroxylation is 1. The Kier molecular flexibility index (Phi) is 3.60. The summed E-state index contributed by atoms with van der Waals surface area (Å²) in [4.78, 5) is 18.6. The van der Waals surface area contributed by atoms with Crippen LogP contribution in [0.3, 0.4) is 0 Å². The number of hydrogen-bond donors (Lipinski definition) is 1. The molecule has 1 saturated heterocycles. The molecule has 2 aromatic rings. The van der Waals surface area contributed by atoms with Gasteiger partial charge in [0.15, 0.2) is 0 Å². The Morgan fingerprint density at radius 2 is 2.26 bits per heavy atom. The maximum absolute atomic E-state index is 11.8. The smallest absolute Gasteiger partial charge is 0.217 e. The predicted octanol–water partition coefficient (Wildman–Crippen LogP) is 2.42. The number of carbonyl (C=O) groups excluding carboxylic acids is 1. The van der Waals surface area contributed by atoms with Crippen LogP contribution in [-0.2, 0) is 10.3 Å². The van der Waals surface area contributed by atoms with Crippen molar-refractivity contribution >= 4 is 33.7 Å². The molecule has 3 heterocycles. The van der Waals surface area contributed by atoms with Gasteiger partial charge in [-0.1, -0.05) is 11.3 Å². The first-order valence-electron chi connectivity index (χ1n) is 7.85. The van der Waals surface area contributed by atoms with Gasteiger partial charge in [-0.2, -0.15) is 0 Å². The van der Waals surface area contributed by atoms with E-state index in [4.69, 9.17) is 0 Å². The average Bonchev–Trinajstić information content (AvgIpc) is 2.91. The minimum absolute atomic E-state index is 0.0179. The lowest BCUT2D eigenvalue weighted by molar-refractivity contribution is -0.120. The minimum atomic E-state index is -0.407. The lowest BCUT2D eigenvalue weighted by Gasteiger charge is -2.27. The summed E-state index contributed by atoms with van der Waals surface area (Å²) in [6.45, 7) is 5.12. The third kappa shape index (κ3) is 2.85. The standard InChI is InChI=1S/C15H19N5OS2/c1-9-7-22-13(16-9)15(17-10(2)21)5-6-20(8-15)14-19-18-12(23-14)11-3-4-11/h7,11H,3-6,8H2,1-2H3,(H,17,21). The molecule has 0 aromatic carbocycles. The first kappa shape index (κ1) is 15.0. The van der Waals surface area contributed by atoms with Crippen LogP contribution in [0.4, 0.5) is 5.13 Å². The van der Waals surface area contributed by atoms with Gasteiger partial charge in [0.05, 0.1) is 0 Å². The first-order chi connectivity index (χ1) is 11.1. The normalized spacial score (nSPS) is 24.2. The van der Waals surface area contributed by atoms with Crippen molar-refractivity contribution < 1.29 is 4.79 Å². The molecule has 2 aromatic heterocycles. The minimum Gasteiger partial charge on any atom is -0.344 e. The maximum atomic E-state index is 11.8. The Morgan fingerprint density at radius 3 is 2.91 bits per heavy atom. The summed E-state index contributed by atoms with van der Waals surface area (Å²) < 4.78 is 0. The van der Waals surface area contributed by atoms with Crippen LogP contribution < -0.4 is 10.2 Å². The van der Waals surface area contributed by atoms with E-state index in [0.29, 0.717) is 12.5 Å². The van der Waals surface area contributed by atoms with Crippen molar-refractivity contribution in [3.63, 3.8) is 0 Å². The maximum Gasteiger partial charge on any atom is 0.217 e. The molecule has 1 saturated carbocycles. The highest BCUT2D eigenvalue weighted by Gasteiger charge is 2.44. The quantitative estimate of drug-likeness (QED) is 0.918. The van der Waals surface area contributed by atoms with Crippen LogP contribution in [0.1, 0.15) is 47.8 Å². The summed E-state index contributed by atoms with van der Waals surface area (Å²) in [6.07, 6.45) is 3.32. The van der Waals surface area contributed by atoms with Crippen molar-refractivity contribution in [1.29, 1.82) is 0 Å². The zero-order valence-electron chi connectivity index (χ0n) is 13.2. The van der Waals surface area contributed by atoms with Gasteiger partial charge in [-0.3, -0.25) is 4.79 Å². The van der Waals surface area contributed by atoms with Crippen molar-refractivity contribution in [3.8, 4) is 0 Å². The zero-order valence-corrected chi connectivity index (χ0v) is 14.8. The van der Waals surface area contributed by atoms with Crippen LogP contribution in [0, 0.1) is 6.92 Å². The van der Waals surface area contributed by atoms with Crippen LogP contribution in [0.25, 0.3) is 0 Å². The number of aromatic nitrogens is 3. The fourth-order valence-electron chi connectivity index (χ4n) is 3.06. The van der Waals surface area contributed by atoms with Gasteiger partial charge < -0.3 is 10.2 Å². The molecule has 1 N–H and O–H groups in total. The van der Waals surface area contributed by atoms with Crippen molar-refractivity contribution in [1.82, 2.24) is 20.5 Å². The predicted molar refractivity (Wildman–Crippen MR) is 91.1 cm³/mol. The number of carbonyl (C=O) groups is 1. The van der Waals surface area contributed by atoms with E-state index in [1.165, 1.54) is 12.8 Å². The second-order valence-corrected chi connectivity index (χ2v) is 8.27. The highest BCUT2D eigenvalue weighted by atomic mass is 32.1. The monoisotopic (exact) mass is 349 g/mol. The molecule has 8 heteroatoms. The Bertz CT molecular complexity index is 738. The van der Waals surface area contributed by atoms with Gasteiger partial charge in [0.1, 0.15) is 15.6 Å². The molecule has 2 aliphatic rings. The summed E-state index contributed by atoms with van der Waals surface area (Å²) in [5, 5.41) is 17.0. The summed E-state index contributed by atoms with van der Waals surface area (Å²) >= 11 is 3.31. The number of amides is 1. The molecule has 1 amide bonds. The highest BCUT2D eigenvalue weighted by Crippen LogP contribution is 2.44.